The van der Waals surface area contributed by atoms with E-state index in [9.17, 15) is 26.4 Å². The van der Waals surface area contributed by atoms with E-state index in [-0.39, 0.29) is 44.0 Å². The molecule has 0 saturated carbocycles. The van der Waals surface area contributed by atoms with Crippen LogP contribution < -0.4 is 9.44 Å². The van der Waals surface area contributed by atoms with E-state index < -0.39 is 31.9 Å². The van der Waals surface area contributed by atoms with Gasteiger partial charge in [-0.25, -0.2) is 26.3 Å². The Labute approximate surface area is 159 Å². The van der Waals surface area contributed by atoms with E-state index in [0.717, 1.165) is 0 Å². The van der Waals surface area contributed by atoms with Crippen LogP contribution in [0.1, 0.15) is 20.7 Å². The predicted molar refractivity (Wildman–Crippen MR) is 87.9 cm³/mol. The minimum atomic E-state index is -3.55. The number of amides is 2. The molecule has 0 aliphatic carbocycles. The molecule has 2 heterocycles. The van der Waals surface area contributed by atoms with E-state index in [0.29, 0.717) is 0 Å². The van der Waals surface area contributed by atoms with Crippen molar-refractivity contribution in [2.24, 2.45) is 0 Å². The van der Waals surface area contributed by atoms with Crippen molar-refractivity contribution in [1.29, 1.82) is 0 Å². The fourth-order valence-electron chi connectivity index (χ4n) is 2.24. The fraction of sp³-hybridized carbons (Fsp3) is 0. The summed E-state index contributed by atoms with van der Waals surface area (Å²) in [5, 5.41) is 0. The summed E-state index contributed by atoms with van der Waals surface area (Å²) >= 11 is 0. The average Bonchev–Trinajstić information content (AvgIpc) is 2.91. The molecule has 8 nitrogen and oxygen atoms in total. The number of carbonyl (C=O) groups excluding carboxylic acids is 2. The van der Waals surface area contributed by atoms with Crippen LogP contribution >= 0.6 is 0 Å². The second-order valence-electron chi connectivity index (χ2n) is 4.86. The van der Waals surface area contributed by atoms with Gasteiger partial charge in [0, 0.05) is 23.1 Å². The largest absolute Gasteiger partial charge is 0.268 e. The molecule has 0 spiro atoms. The lowest BCUT2D eigenvalue weighted by molar-refractivity contribution is 0.0976. The van der Waals surface area contributed by atoms with Gasteiger partial charge in [0.25, 0.3) is 31.9 Å². The molecule has 2 amide bonds. The van der Waals surface area contributed by atoms with E-state index in [1.165, 1.54) is 24.3 Å². The normalized spacial score (nSPS) is 17.8. The predicted octanol–water partition coefficient (Wildman–Crippen LogP) is -0.143. The molecular formula is C14H10MgN2O6S2. The highest BCUT2D eigenvalue weighted by atomic mass is 32.2. The van der Waals surface area contributed by atoms with Crippen molar-refractivity contribution in [3.63, 3.8) is 0 Å². The molecule has 126 valence electrons. The molecule has 2 radical (unpaired) electrons. The maximum atomic E-state index is 11.1. The molecule has 0 fully saturated rings. The number of rotatable bonds is 0. The third-order valence-corrected chi connectivity index (χ3v) is 6.07. The molecular weight excluding hydrogens is 381 g/mol. The third kappa shape index (κ3) is 3.54. The van der Waals surface area contributed by atoms with E-state index in [1.54, 1.807) is 24.3 Å². The molecule has 25 heavy (non-hydrogen) atoms. The summed E-state index contributed by atoms with van der Waals surface area (Å²) in [6.07, 6.45) is 0. The molecule has 0 aromatic heterocycles. The quantitative estimate of drug-likeness (QED) is 0.603. The van der Waals surface area contributed by atoms with Crippen LogP contribution in [0, 0.1) is 0 Å². The van der Waals surface area contributed by atoms with Gasteiger partial charge in [0.2, 0.25) is 0 Å². The van der Waals surface area contributed by atoms with E-state index in [1.807, 2.05) is 9.44 Å². The van der Waals surface area contributed by atoms with Crippen molar-refractivity contribution in [3.8, 4) is 0 Å². The van der Waals surface area contributed by atoms with E-state index in [2.05, 4.69) is 0 Å². The first-order chi connectivity index (χ1) is 11.2. The van der Waals surface area contributed by atoms with Gasteiger partial charge in [0.15, 0.2) is 0 Å². The molecule has 0 unspecified atom stereocenters. The number of nitrogens with one attached hydrogen (secondary N) is 2. The number of hydrogen-bond donors (Lipinski definition) is 2. The number of carbonyl (C=O) groups is 2. The zero-order valence-corrected chi connectivity index (χ0v) is 15.6. The molecule has 2 aliphatic rings. The summed E-state index contributed by atoms with van der Waals surface area (Å²) in [6.45, 7) is 0. The van der Waals surface area contributed by atoms with E-state index in [4.69, 9.17) is 0 Å². The van der Waals surface area contributed by atoms with Crippen molar-refractivity contribution in [2.45, 2.75) is 9.79 Å². The maximum Gasteiger partial charge on any atom is 0.266 e. The number of benzene rings is 2. The molecule has 0 bridgehead atoms. The van der Waals surface area contributed by atoms with Crippen LogP contribution in [0.15, 0.2) is 58.3 Å². The van der Waals surface area contributed by atoms with Crippen molar-refractivity contribution in [3.05, 3.63) is 59.7 Å². The monoisotopic (exact) mass is 390 g/mol. The van der Waals surface area contributed by atoms with Gasteiger partial charge in [-0.2, -0.15) is 0 Å². The summed E-state index contributed by atoms with van der Waals surface area (Å²) in [7, 11) is -7.11. The van der Waals surface area contributed by atoms with Gasteiger partial charge < -0.3 is 0 Å². The Morgan fingerprint density at radius 3 is 1.24 bits per heavy atom. The first-order valence-electron chi connectivity index (χ1n) is 6.55. The van der Waals surface area contributed by atoms with Crippen molar-refractivity contribution < 1.29 is 26.4 Å². The number of sulfonamides is 2. The van der Waals surface area contributed by atoms with E-state index >= 15 is 0 Å². The summed E-state index contributed by atoms with van der Waals surface area (Å²) in [6, 6.07) is 12.2. The highest BCUT2D eigenvalue weighted by Gasteiger charge is 2.32. The standard InChI is InChI=1S/2C7H5NO3S.Mg/c2*9-7-5-3-1-2-4-6(5)12(10,11)8-7;/h2*1-4H,(H,8,9);. The lowest BCUT2D eigenvalue weighted by Crippen LogP contribution is -2.20. The van der Waals surface area contributed by atoms with Gasteiger partial charge in [-0.05, 0) is 24.3 Å². The van der Waals surface area contributed by atoms with Gasteiger partial charge in [-0.3, -0.25) is 9.59 Å². The first kappa shape index (κ1) is 19.4. The van der Waals surface area contributed by atoms with Crippen LogP contribution in [0.25, 0.3) is 0 Å². The van der Waals surface area contributed by atoms with Gasteiger partial charge in [-0.1, -0.05) is 24.3 Å². The highest BCUT2D eigenvalue weighted by molar-refractivity contribution is 7.91. The second-order valence-corrected chi connectivity index (χ2v) is 8.16. The van der Waals surface area contributed by atoms with Gasteiger partial charge >= 0.3 is 0 Å². The Morgan fingerprint density at radius 1 is 0.600 bits per heavy atom. The Hall–Kier alpha value is -1.95. The lowest BCUT2D eigenvalue weighted by atomic mass is 10.2. The van der Waals surface area contributed by atoms with Crippen LogP contribution in [-0.2, 0) is 20.0 Å². The Bertz CT molecular complexity index is 993. The van der Waals surface area contributed by atoms with Crippen molar-refractivity contribution in [1.82, 2.24) is 9.44 Å². The highest BCUT2D eigenvalue weighted by Crippen LogP contribution is 2.21. The zero-order chi connectivity index (χ0) is 17.5. The van der Waals surface area contributed by atoms with Gasteiger partial charge in [0.1, 0.15) is 9.79 Å². The van der Waals surface area contributed by atoms with Crippen LogP contribution in [0.2, 0.25) is 0 Å². The van der Waals surface area contributed by atoms with Crippen LogP contribution in [0.5, 0.6) is 0 Å². The van der Waals surface area contributed by atoms with Crippen molar-refractivity contribution in [2.75, 3.05) is 0 Å². The molecule has 4 rings (SSSR count). The minimum absolute atomic E-state index is 0. The molecule has 0 atom stereocenters. The van der Waals surface area contributed by atoms with Crippen LogP contribution in [0.4, 0.5) is 0 Å². The molecule has 2 aliphatic heterocycles. The summed E-state index contributed by atoms with van der Waals surface area (Å²) in [5.74, 6) is -1.10. The molecule has 11 heteroatoms. The van der Waals surface area contributed by atoms with Crippen molar-refractivity contribution >= 4 is 54.9 Å². The summed E-state index contributed by atoms with van der Waals surface area (Å²) < 4.78 is 48.3. The minimum Gasteiger partial charge on any atom is -0.268 e. The van der Waals surface area contributed by atoms with Crippen LogP contribution in [0.3, 0.4) is 0 Å². The maximum absolute atomic E-state index is 11.1. The SMILES string of the molecule is O=C1NS(=O)(=O)c2ccccc21.O=C1NS(=O)(=O)c2ccccc21.[Mg]. The average molecular weight is 391 g/mol. The smallest absolute Gasteiger partial charge is 0.266 e. The van der Waals surface area contributed by atoms with Gasteiger partial charge in [0.05, 0.1) is 11.1 Å². The summed E-state index contributed by atoms with van der Waals surface area (Å²) in [4.78, 5) is 22.1. The Morgan fingerprint density at radius 2 is 0.920 bits per heavy atom. The lowest BCUT2D eigenvalue weighted by Gasteiger charge is -1.91. The third-order valence-electron chi connectivity index (χ3n) is 3.30. The molecule has 2 N–H and O–H groups in total. The Kier molecular flexibility index (Phi) is 5.23. The number of fused-ring (bicyclic) bond motifs is 2. The molecule has 2 aromatic carbocycles. The second kappa shape index (κ2) is 6.75. The van der Waals surface area contributed by atoms with Crippen LogP contribution in [-0.4, -0.2) is 51.7 Å². The fourth-order valence-corrected chi connectivity index (χ4v) is 4.59. The molecule has 2 aromatic rings. The zero-order valence-electron chi connectivity index (χ0n) is 12.6. The van der Waals surface area contributed by atoms with Gasteiger partial charge in [-0.15, -0.1) is 0 Å². The Balaban J connectivity index is 0.000000173. The summed E-state index contributed by atoms with van der Waals surface area (Å²) in [5.41, 5.74) is 0.440. The topological polar surface area (TPSA) is 126 Å². The molecule has 0 saturated heterocycles. The number of hydrogen-bond acceptors (Lipinski definition) is 6. The first-order valence-corrected chi connectivity index (χ1v) is 9.51.